The molecule has 0 spiro atoms. The van der Waals surface area contributed by atoms with Crippen LogP contribution in [0, 0.1) is 10.8 Å². The summed E-state index contributed by atoms with van der Waals surface area (Å²) < 4.78 is 10.4. The number of hydrogen-bond donors (Lipinski definition) is 2. The van der Waals surface area contributed by atoms with Gasteiger partial charge in [-0.15, -0.1) is 0 Å². The van der Waals surface area contributed by atoms with Crippen molar-refractivity contribution in [2.75, 3.05) is 26.4 Å². The van der Waals surface area contributed by atoms with Crippen molar-refractivity contribution in [3.05, 3.63) is 0 Å². The second-order valence-electron chi connectivity index (χ2n) is 9.29. The Morgan fingerprint density at radius 1 is 0.607 bits per heavy atom. The van der Waals surface area contributed by atoms with Crippen molar-refractivity contribution < 1.29 is 29.3 Å². The summed E-state index contributed by atoms with van der Waals surface area (Å²) in [6, 6.07) is 0. The molecule has 0 fully saturated rings. The quantitative estimate of drug-likeness (QED) is 0.282. The molecule has 28 heavy (non-hydrogen) atoms. The van der Waals surface area contributed by atoms with Crippen LogP contribution >= 0.6 is 0 Å². The number of hydrogen-bond acceptors (Lipinski definition) is 6. The maximum Gasteiger partial charge on any atom is 0.305 e. The van der Waals surface area contributed by atoms with Crippen LogP contribution in [0.1, 0.15) is 91.9 Å². The number of carbonyl (C=O) groups excluding carboxylic acids is 2. The number of unbranched alkanes of at least 4 members (excludes halogenated alkanes) is 7. The van der Waals surface area contributed by atoms with E-state index in [2.05, 4.69) is 0 Å². The van der Waals surface area contributed by atoms with Crippen LogP contribution in [0.2, 0.25) is 0 Å². The number of aliphatic hydroxyl groups is 2. The summed E-state index contributed by atoms with van der Waals surface area (Å²) in [6.07, 6.45) is 9.10. The average molecular weight is 403 g/mol. The summed E-state index contributed by atoms with van der Waals surface area (Å²) in [7, 11) is 0. The summed E-state index contributed by atoms with van der Waals surface area (Å²) in [5.74, 6) is -0.369. The van der Waals surface area contributed by atoms with E-state index in [1.807, 2.05) is 27.7 Å². The first-order valence-electron chi connectivity index (χ1n) is 10.6. The second-order valence-corrected chi connectivity index (χ2v) is 9.29. The Bertz CT molecular complexity index is 391. The third-order valence-corrected chi connectivity index (χ3v) is 4.62. The van der Waals surface area contributed by atoms with Gasteiger partial charge in [-0.1, -0.05) is 66.2 Å². The topological polar surface area (TPSA) is 93.1 Å². The van der Waals surface area contributed by atoms with E-state index in [4.69, 9.17) is 19.7 Å². The normalized spacial score (nSPS) is 12.1. The minimum absolute atomic E-state index is 0.00333. The third kappa shape index (κ3) is 15.9. The number of rotatable bonds is 17. The van der Waals surface area contributed by atoms with Crippen molar-refractivity contribution in [3.8, 4) is 0 Å². The largest absolute Gasteiger partial charge is 0.465 e. The van der Waals surface area contributed by atoms with Crippen LogP contribution in [0.5, 0.6) is 0 Å². The molecule has 6 heteroatoms. The minimum atomic E-state index is -0.373. The molecule has 0 aromatic rings. The lowest BCUT2D eigenvalue weighted by molar-refractivity contribution is -0.148. The fraction of sp³-hybridized carbons (Fsp3) is 0.909. The monoisotopic (exact) mass is 402 g/mol. The second kappa shape index (κ2) is 14.8. The van der Waals surface area contributed by atoms with E-state index in [1.165, 1.54) is 0 Å². The standard InChI is InChI=1S/C22H42O6/c1-21(2,15-23)17-27-19(25)13-11-9-7-5-6-8-10-12-14-20(26)28-18-22(3,4)16-24/h23-24H,5-18H2,1-4H3. The fourth-order valence-electron chi connectivity index (χ4n) is 2.39. The van der Waals surface area contributed by atoms with Crippen molar-refractivity contribution >= 4 is 11.9 Å². The Balaban J connectivity index is 3.44. The first-order valence-corrected chi connectivity index (χ1v) is 10.6. The van der Waals surface area contributed by atoms with Crippen molar-refractivity contribution in [2.24, 2.45) is 10.8 Å². The van der Waals surface area contributed by atoms with Crippen LogP contribution < -0.4 is 0 Å². The molecule has 0 aliphatic heterocycles. The van der Waals surface area contributed by atoms with E-state index in [1.54, 1.807) is 0 Å². The summed E-state index contributed by atoms with van der Waals surface area (Å²) in [4.78, 5) is 23.3. The third-order valence-electron chi connectivity index (χ3n) is 4.62. The van der Waals surface area contributed by atoms with Crippen LogP contribution in [-0.4, -0.2) is 48.6 Å². The Kier molecular flexibility index (Phi) is 14.2. The Morgan fingerprint density at radius 2 is 0.893 bits per heavy atom. The number of esters is 2. The summed E-state index contributed by atoms with van der Waals surface area (Å²) in [5, 5.41) is 18.2. The van der Waals surface area contributed by atoms with E-state index >= 15 is 0 Å². The molecule has 2 N–H and O–H groups in total. The highest BCUT2D eigenvalue weighted by Crippen LogP contribution is 2.16. The Hall–Kier alpha value is -1.14. The molecule has 0 amide bonds. The molecule has 0 radical (unpaired) electrons. The smallest absolute Gasteiger partial charge is 0.305 e. The van der Waals surface area contributed by atoms with Crippen LogP contribution in [0.25, 0.3) is 0 Å². The van der Waals surface area contributed by atoms with E-state index in [-0.39, 0.29) is 49.2 Å². The van der Waals surface area contributed by atoms with E-state index in [0.717, 1.165) is 51.4 Å². The molecule has 166 valence electrons. The fourth-order valence-corrected chi connectivity index (χ4v) is 2.39. The number of ether oxygens (including phenoxy) is 2. The molecule has 0 rings (SSSR count). The van der Waals surface area contributed by atoms with Gasteiger partial charge in [0.15, 0.2) is 0 Å². The van der Waals surface area contributed by atoms with Crippen molar-refractivity contribution in [1.29, 1.82) is 0 Å². The van der Waals surface area contributed by atoms with Crippen molar-refractivity contribution in [2.45, 2.75) is 91.9 Å². The highest BCUT2D eigenvalue weighted by atomic mass is 16.5. The minimum Gasteiger partial charge on any atom is -0.465 e. The maximum atomic E-state index is 11.6. The average Bonchev–Trinajstić information content (AvgIpc) is 2.66. The predicted molar refractivity (Wildman–Crippen MR) is 110 cm³/mol. The van der Waals surface area contributed by atoms with Crippen molar-refractivity contribution in [3.63, 3.8) is 0 Å². The lowest BCUT2D eigenvalue weighted by Gasteiger charge is -2.20. The molecule has 0 aromatic heterocycles. The van der Waals surface area contributed by atoms with E-state index in [9.17, 15) is 9.59 Å². The zero-order valence-electron chi connectivity index (χ0n) is 18.4. The summed E-state index contributed by atoms with van der Waals surface area (Å²) in [6.45, 7) is 7.97. The Labute approximate surface area is 171 Å². The number of carbonyl (C=O) groups is 2. The van der Waals surface area contributed by atoms with Crippen LogP contribution in [-0.2, 0) is 19.1 Å². The molecule has 6 nitrogen and oxygen atoms in total. The van der Waals surface area contributed by atoms with Crippen molar-refractivity contribution in [1.82, 2.24) is 0 Å². The molecule has 0 atom stereocenters. The van der Waals surface area contributed by atoms with Gasteiger partial charge in [-0.2, -0.15) is 0 Å². The van der Waals surface area contributed by atoms with Gasteiger partial charge in [0.1, 0.15) is 0 Å². The zero-order valence-corrected chi connectivity index (χ0v) is 18.4. The van der Waals surface area contributed by atoms with Gasteiger partial charge >= 0.3 is 11.9 Å². The molecule has 0 heterocycles. The zero-order chi connectivity index (χ0) is 21.5. The molecule has 0 aliphatic rings. The van der Waals surface area contributed by atoms with Gasteiger partial charge in [0.05, 0.1) is 26.4 Å². The van der Waals surface area contributed by atoms with Gasteiger partial charge in [0.2, 0.25) is 0 Å². The highest BCUT2D eigenvalue weighted by Gasteiger charge is 2.19. The summed E-state index contributed by atoms with van der Waals surface area (Å²) >= 11 is 0. The van der Waals surface area contributed by atoms with Gasteiger partial charge in [-0.3, -0.25) is 9.59 Å². The lowest BCUT2D eigenvalue weighted by Crippen LogP contribution is -2.25. The molecular formula is C22H42O6. The van der Waals surface area contributed by atoms with Gasteiger partial charge in [0, 0.05) is 23.7 Å². The molecular weight excluding hydrogens is 360 g/mol. The first kappa shape index (κ1) is 26.9. The van der Waals surface area contributed by atoms with Gasteiger partial charge in [-0.25, -0.2) is 0 Å². The molecule has 0 aromatic carbocycles. The first-order chi connectivity index (χ1) is 13.1. The number of aliphatic hydroxyl groups excluding tert-OH is 2. The van der Waals surface area contributed by atoms with Gasteiger partial charge in [0.25, 0.3) is 0 Å². The summed E-state index contributed by atoms with van der Waals surface area (Å²) in [5.41, 5.74) is -0.745. The molecule has 0 unspecified atom stereocenters. The van der Waals surface area contributed by atoms with Gasteiger partial charge < -0.3 is 19.7 Å². The van der Waals surface area contributed by atoms with Gasteiger partial charge in [-0.05, 0) is 12.8 Å². The Morgan fingerprint density at radius 3 is 1.18 bits per heavy atom. The van der Waals surface area contributed by atoms with Crippen LogP contribution in [0.3, 0.4) is 0 Å². The molecule has 0 saturated heterocycles. The van der Waals surface area contributed by atoms with E-state index in [0.29, 0.717) is 12.8 Å². The molecule has 0 bridgehead atoms. The molecule has 0 aliphatic carbocycles. The maximum absolute atomic E-state index is 11.6. The lowest BCUT2D eigenvalue weighted by atomic mass is 9.96. The van der Waals surface area contributed by atoms with Crippen LogP contribution in [0.15, 0.2) is 0 Å². The molecule has 0 saturated carbocycles. The predicted octanol–water partition coefficient (Wildman–Crippen LogP) is 4.01. The van der Waals surface area contributed by atoms with Crippen LogP contribution in [0.4, 0.5) is 0 Å². The van der Waals surface area contributed by atoms with E-state index < -0.39 is 0 Å². The highest BCUT2D eigenvalue weighted by molar-refractivity contribution is 5.69. The SMILES string of the molecule is CC(C)(CO)COC(=O)CCCCCCCCCCC(=O)OCC(C)(C)CO.